The fourth-order valence-corrected chi connectivity index (χ4v) is 4.08. The Bertz CT molecular complexity index is 1020. The molecule has 0 unspecified atom stereocenters. The van der Waals surface area contributed by atoms with Crippen LogP contribution in [0.25, 0.3) is 0 Å². The summed E-state index contributed by atoms with van der Waals surface area (Å²) < 4.78 is 0. The Hall–Kier alpha value is -3.48. The molecule has 1 aliphatic carbocycles. The van der Waals surface area contributed by atoms with Crippen molar-refractivity contribution in [2.24, 2.45) is 5.92 Å². The zero-order valence-electron chi connectivity index (χ0n) is 18.5. The third-order valence-electron chi connectivity index (χ3n) is 5.70. The molecule has 1 saturated carbocycles. The average Bonchev–Trinajstić information content (AvgIpc) is 2.80. The van der Waals surface area contributed by atoms with Crippen LogP contribution in [0.4, 0.5) is 28.8 Å². The quantitative estimate of drug-likeness (QED) is 0.408. The molecule has 1 aliphatic rings. The van der Waals surface area contributed by atoms with Crippen LogP contribution in [0.3, 0.4) is 0 Å². The van der Waals surface area contributed by atoms with E-state index >= 15 is 0 Å². The number of nitrogens with zero attached hydrogens (tertiary/aromatic N) is 3. The monoisotopic (exact) mass is 430 g/mol. The molecule has 4 rings (SSSR count). The Balaban J connectivity index is 1.31. The molecule has 1 amide bonds. The lowest BCUT2D eigenvalue weighted by Gasteiger charge is -2.21. The van der Waals surface area contributed by atoms with Gasteiger partial charge in [-0.15, -0.1) is 0 Å². The van der Waals surface area contributed by atoms with Gasteiger partial charge in [0.1, 0.15) is 23.3 Å². The van der Waals surface area contributed by atoms with Gasteiger partial charge in [0, 0.05) is 30.1 Å². The van der Waals surface area contributed by atoms with Gasteiger partial charge < -0.3 is 16.0 Å². The zero-order chi connectivity index (χ0) is 22.2. The van der Waals surface area contributed by atoms with Gasteiger partial charge in [-0.05, 0) is 55.7 Å². The third kappa shape index (κ3) is 6.51. The molecule has 32 heavy (non-hydrogen) atoms. The Labute approximate surface area is 189 Å². The molecule has 3 N–H and O–H groups in total. The minimum atomic E-state index is 0.0907. The number of anilines is 5. The maximum atomic E-state index is 12.3. The van der Waals surface area contributed by atoms with Gasteiger partial charge in [0.25, 0.3) is 0 Å². The molecule has 0 spiro atoms. The molecule has 7 nitrogen and oxygen atoms in total. The SMILES string of the molecule is Cc1nc(Nc2ccc(NC(=O)CCC3CCCCC3)cc2)cc(Nc2ccccn2)n1. The van der Waals surface area contributed by atoms with Gasteiger partial charge in [-0.25, -0.2) is 15.0 Å². The van der Waals surface area contributed by atoms with Gasteiger partial charge in [-0.3, -0.25) is 4.79 Å². The van der Waals surface area contributed by atoms with E-state index in [1.54, 1.807) is 6.20 Å². The number of aromatic nitrogens is 3. The smallest absolute Gasteiger partial charge is 0.224 e. The van der Waals surface area contributed by atoms with Crippen molar-refractivity contribution in [3.63, 3.8) is 0 Å². The lowest BCUT2D eigenvalue weighted by molar-refractivity contribution is -0.116. The molecule has 0 radical (unpaired) electrons. The minimum absolute atomic E-state index is 0.0907. The summed E-state index contributed by atoms with van der Waals surface area (Å²) in [6.45, 7) is 1.85. The molecule has 166 valence electrons. The topological polar surface area (TPSA) is 91.8 Å². The van der Waals surface area contributed by atoms with Crippen LogP contribution in [-0.4, -0.2) is 20.9 Å². The molecule has 0 atom stereocenters. The molecule has 0 aliphatic heterocycles. The highest BCUT2D eigenvalue weighted by Crippen LogP contribution is 2.27. The first-order valence-corrected chi connectivity index (χ1v) is 11.3. The van der Waals surface area contributed by atoms with Crippen molar-refractivity contribution in [3.05, 3.63) is 60.6 Å². The number of hydrogen-bond acceptors (Lipinski definition) is 6. The normalized spacial score (nSPS) is 14.0. The number of nitrogens with one attached hydrogen (secondary N) is 3. The van der Waals surface area contributed by atoms with E-state index in [4.69, 9.17) is 0 Å². The maximum Gasteiger partial charge on any atom is 0.224 e. The Morgan fingerprint density at radius 3 is 2.34 bits per heavy atom. The fraction of sp³-hybridized carbons (Fsp3) is 0.360. The summed E-state index contributed by atoms with van der Waals surface area (Å²) in [7, 11) is 0. The molecule has 3 aromatic rings. The highest BCUT2D eigenvalue weighted by molar-refractivity contribution is 5.90. The van der Waals surface area contributed by atoms with Gasteiger partial charge in [0.2, 0.25) is 5.91 Å². The molecular formula is C25H30N6O. The van der Waals surface area contributed by atoms with Crippen LogP contribution >= 0.6 is 0 Å². The fourth-order valence-electron chi connectivity index (χ4n) is 4.08. The van der Waals surface area contributed by atoms with Crippen LogP contribution in [0, 0.1) is 12.8 Å². The van der Waals surface area contributed by atoms with Gasteiger partial charge in [-0.2, -0.15) is 0 Å². The van der Waals surface area contributed by atoms with Crippen molar-refractivity contribution in [3.8, 4) is 0 Å². The number of benzene rings is 1. The Morgan fingerprint density at radius 2 is 1.62 bits per heavy atom. The zero-order valence-corrected chi connectivity index (χ0v) is 18.5. The molecule has 1 fully saturated rings. The molecular weight excluding hydrogens is 400 g/mol. The summed E-state index contributed by atoms with van der Waals surface area (Å²) in [5.74, 6) is 3.53. The first kappa shape index (κ1) is 21.7. The molecule has 2 heterocycles. The van der Waals surface area contributed by atoms with Crippen LogP contribution in [0.1, 0.15) is 50.8 Å². The van der Waals surface area contributed by atoms with Crippen molar-refractivity contribution in [2.75, 3.05) is 16.0 Å². The van der Waals surface area contributed by atoms with Crippen molar-refractivity contribution >= 4 is 34.7 Å². The van der Waals surface area contributed by atoms with Crippen LogP contribution in [0.2, 0.25) is 0 Å². The molecule has 7 heteroatoms. The first-order valence-electron chi connectivity index (χ1n) is 11.3. The lowest BCUT2D eigenvalue weighted by Crippen LogP contribution is -2.14. The highest BCUT2D eigenvalue weighted by Gasteiger charge is 2.15. The summed E-state index contributed by atoms with van der Waals surface area (Å²) in [5, 5.41) is 9.49. The average molecular weight is 431 g/mol. The molecule has 0 saturated heterocycles. The summed E-state index contributed by atoms with van der Waals surface area (Å²) in [6, 6.07) is 15.2. The number of aryl methyl sites for hydroxylation is 1. The van der Waals surface area contributed by atoms with E-state index < -0.39 is 0 Å². The van der Waals surface area contributed by atoms with Gasteiger partial charge >= 0.3 is 0 Å². The second-order valence-corrected chi connectivity index (χ2v) is 8.32. The van der Waals surface area contributed by atoms with E-state index in [0.717, 1.165) is 29.5 Å². The van der Waals surface area contributed by atoms with E-state index in [1.165, 1.54) is 32.1 Å². The van der Waals surface area contributed by atoms with Gasteiger partial charge in [0.15, 0.2) is 0 Å². The van der Waals surface area contributed by atoms with E-state index in [-0.39, 0.29) is 5.91 Å². The van der Waals surface area contributed by atoms with E-state index in [9.17, 15) is 4.79 Å². The van der Waals surface area contributed by atoms with Crippen molar-refractivity contribution in [2.45, 2.75) is 51.9 Å². The predicted molar refractivity (Wildman–Crippen MR) is 128 cm³/mol. The number of rotatable bonds is 8. The molecule has 1 aromatic carbocycles. The largest absolute Gasteiger partial charge is 0.340 e. The van der Waals surface area contributed by atoms with Crippen molar-refractivity contribution in [1.29, 1.82) is 0 Å². The maximum absolute atomic E-state index is 12.3. The van der Waals surface area contributed by atoms with Gasteiger partial charge in [-0.1, -0.05) is 38.2 Å². The van der Waals surface area contributed by atoms with Crippen molar-refractivity contribution in [1.82, 2.24) is 15.0 Å². The van der Waals surface area contributed by atoms with Crippen molar-refractivity contribution < 1.29 is 4.79 Å². The number of carbonyl (C=O) groups excluding carboxylic acids is 1. The standard InChI is InChI=1S/C25H30N6O/c1-18-27-23(17-24(28-18)31-22-9-5-6-16-26-22)29-20-11-13-21(14-12-20)30-25(32)15-10-19-7-3-2-4-8-19/h5-6,9,11-14,16-17,19H,2-4,7-8,10,15H2,1H3,(H,30,32)(H2,26,27,28,29,31). The summed E-state index contributed by atoms with van der Waals surface area (Å²) in [4.78, 5) is 25.4. The van der Waals surface area contributed by atoms with Crippen LogP contribution in [0.5, 0.6) is 0 Å². The highest BCUT2D eigenvalue weighted by atomic mass is 16.1. The lowest BCUT2D eigenvalue weighted by atomic mass is 9.86. The summed E-state index contributed by atoms with van der Waals surface area (Å²) >= 11 is 0. The number of amides is 1. The molecule has 0 bridgehead atoms. The van der Waals surface area contributed by atoms with Crippen LogP contribution in [-0.2, 0) is 4.79 Å². The summed E-state index contributed by atoms with van der Waals surface area (Å²) in [5.41, 5.74) is 1.69. The Morgan fingerprint density at radius 1 is 0.906 bits per heavy atom. The predicted octanol–water partition coefficient (Wildman–Crippen LogP) is 5.97. The molecule has 2 aromatic heterocycles. The number of carbonyl (C=O) groups is 1. The third-order valence-corrected chi connectivity index (χ3v) is 5.70. The summed E-state index contributed by atoms with van der Waals surface area (Å²) in [6.07, 6.45) is 9.83. The Kier molecular flexibility index (Phi) is 7.27. The number of pyridine rings is 1. The van der Waals surface area contributed by atoms with Crippen LogP contribution in [0.15, 0.2) is 54.7 Å². The number of hydrogen-bond donors (Lipinski definition) is 3. The van der Waals surface area contributed by atoms with E-state index in [0.29, 0.717) is 23.9 Å². The van der Waals surface area contributed by atoms with E-state index in [1.807, 2.05) is 55.5 Å². The second-order valence-electron chi connectivity index (χ2n) is 8.32. The second kappa shape index (κ2) is 10.7. The van der Waals surface area contributed by atoms with E-state index in [2.05, 4.69) is 30.9 Å². The van der Waals surface area contributed by atoms with Crippen LogP contribution < -0.4 is 16.0 Å². The van der Waals surface area contributed by atoms with Gasteiger partial charge in [0.05, 0.1) is 0 Å². The minimum Gasteiger partial charge on any atom is -0.340 e. The first-order chi connectivity index (χ1) is 15.6.